The number of hydrogen-bond acceptors (Lipinski definition) is 10. The van der Waals surface area contributed by atoms with Gasteiger partial charge in [0.05, 0.1) is 19.8 Å². The number of aliphatic hydroxyl groups excluding tert-OH is 1. The molecule has 12 heteroatoms. The van der Waals surface area contributed by atoms with Crippen LogP contribution in [0.3, 0.4) is 0 Å². The molecule has 0 saturated heterocycles. The van der Waals surface area contributed by atoms with E-state index < -0.39 is 57.8 Å². The van der Waals surface area contributed by atoms with Crippen molar-refractivity contribution in [2.45, 2.75) is 200 Å². The van der Waals surface area contributed by atoms with E-state index in [0.29, 0.717) is 19.3 Å². The van der Waals surface area contributed by atoms with Crippen LogP contribution in [0, 0.1) is 0 Å². The maximum atomic E-state index is 12.8. The molecule has 11 nitrogen and oxygen atoms in total. The number of phosphoric ester groups is 1. The molecule has 0 aliphatic heterocycles. The van der Waals surface area contributed by atoms with Crippen molar-refractivity contribution in [2.24, 2.45) is 0 Å². The topological polar surface area (TPSA) is 155 Å². The van der Waals surface area contributed by atoms with Crippen molar-refractivity contribution >= 4 is 25.7 Å². The summed E-state index contributed by atoms with van der Waals surface area (Å²) >= 11 is 0. The van der Waals surface area contributed by atoms with Crippen LogP contribution in [0.5, 0.6) is 0 Å². The molecule has 0 fully saturated rings. The van der Waals surface area contributed by atoms with Crippen molar-refractivity contribution in [1.29, 1.82) is 0 Å². The summed E-state index contributed by atoms with van der Waals surface area (Å²) in [5.41, 5.74) is 0. The van der Waals surface area contributed by atoms with E-state index in [9.17, 15) is 28.9 Å². The lowest BCUT2D eigenvalue weighted by Crippen LogP contribution is -2.30. The smallest absolute Gasteiger partial charge is 0.462 e. The van der Waals surface area contributed by atoms with Gasteiger partial charge in [0.2, 0.25) is 0 Å². The van der Waals surface area contributed by atoms with Crippen molar-refractivity contribution < 1.29 is 52.2 Å². The van der Waals surface area contributed by atoms with E-state index in [2.05, 4.69) is 106 Å². The zero-order valence-corrected chi connectivity index (χ0v) is 42.0. The normalized spacial score (nSPS) is 14.3. The highest BCUT2D eigenvalue weighted by Gasteiger charge is 2.28. The molecule has 0 saturated carbocycles. The van der Waals surface area contributed by atoms with Crippen LogP contribution in [0.1, 0.15) is 188 Å². The van der Waals surface area contributed by atoms with Crippen molar-refractivity contribution in [2.75, 3.05) is 26.4 Å². The highest BCUT2D eigenvalue weighted by atomic mass is 31.2. The molecule has 66 heavy (non-hydrogen) atoms. The minimum Gasteiger partial charge on any atom is -0.462 e. The number of rotatable bonds is 45. The van der Waals surface area contributed by atoms with Gasteiger partial charge in [0.15, 0.2) is 6.10 Å². The van der Waals surface area contributed by atoms with Gasteiger partial charge in [-0.15, -0.1) is 0 Å². The number of aliphatic hydroxyl groups is 1. The minimum absolute atomic E-state index is 0.0381. The van der Waals surface area contributed by atoms with Crippen molar-refractivity contribution in [3.63, 3.8) is 0 Å². The molecular weight excluding hydrogens is 856 g/mol. The first-order valence-corrected chi connectivity index (χ1v) is 26.6. The molecular formula is C54H89O11P. The first kappa shape index (κ1) is 62.4. The Kier molecular flexibility index (Phi) is 45.3. The van der Waals surface area contributed by atoms with Gasteiger partial charge in [-0.1, -0.05) is 169 Å². The summed E-state index contributed by atoms with van der Waals surface area (Å²) in [6.45, 7) is 4.24. The average molecular weight is 945 g/mol. The van der Waals surface area contributed by atoms with E-state index in [0.717, 1.165) is 128 Å². The lowest BCUT2D eigenvalue weighted by atomic mass is 10.1. The molecule has 0 spiro atoms. The molecule has 0 aromatic rings. The molecule has 0 bridgehead atoms. The quantitative estimate of drug-likeness (QED) is 0.0197. The standard InChI is InChI=1S/C54H89O11P/c1-4-7-10-13-16-19-22-25-28-31-34-37-40-43-52(56)61-47-51(65-54(58)45-42-39-36-33-30-27-24-21-18-15-12-9-6-3)49-63-66(59,60)62-48-50(46-55)64-53(57)44-41-38-35-32-29-26-23-20-17-14-11-8-5-2/h9-14,18-23,27,30,36,39,50-51,55H,4-8,15-17,24-26,28-29,31-35,37-38,40-49H2,1-3H3,(H,59,60)/b12-9-,13-10-,14-11-,21-18-,22-19-,23-20-,30-27-,39-36-. The summed E-state index contributed by atoms with van der Waals surface area (Å²) in [6.07, 6.45) is 54.0. The zero-order valence-electron chi connectivity index (χ0n) is 41.1. The van der Waals surface area contributed by atoms with E-state index in [-0.39, 0.29) is 25.9 Å². The summed E-state index contributed by atoms with van der Waals surface area (Å²) in [5.74, 6) is -1.61. The first-order valence-electron chi connectivity index (χ1n) is 25.1. The van der Waals surface area contributed by atoms with E-state index in [4.69, 9.17) is 23.3 Å². The lowest BCUT2D eigenvalue weighted by molar-refractivity contribution is -0.161. The summed E-state index contributed by atoms with van der Waals surface area (Å²) in [4.78, 5) is 48.2. The van der Waals surface area contributed by atoms with Crippen molar-refractivity contribution in [3.8, 4) is 0 Å². The minimum atomic E-state index is -4.77. The van der Waals surface area contributed by atoms with Crippen LogP contribution < -0.4 is 0 Å². The summed E-state index contributed by atoms with van der Waals surface area (Å²) in [5, 5.41) is 9.76. The highest BCUT2D eigenvalue weighted by Crippen LogP contribution is 2.43. The average Bonchev–Trinajstić information content (AvgIpc) is 3.30. The van der Waals surface area contributed by atoms with E-state index in [1.807, 2.05) is 12.2 Å². The molecule has 376 valence electrons. The third-order valence-corrected chi connectivity index (χ3v) is 10.9. The summed E-state index contributed by atoms with van der Waals surface area (Å²) in [6, 6.07) is 0. The second kappa shape index (κ2) is 47.9. The predicted molar refractivity (Wildman–Crippen MR) is 270 cm³/mol. The fourth-order valence-corrected chi connectivity index (χ4v) is 6.93. The number of ether oxygens (including phenoxy) is 3. The van der Waals surface area contributed by atoms with Gasteiger partial charge in [0, 0.05) is 19.3 Å². The number of unbranched alkanes of at least 4 members (excludes halogenated alkanes) is 12. The fraction of sp³-hybridized carbons (Fsp3) is 0.648. The largest absolute Gasteiger partial charge is 0.472 e. The summed E-state index contributed by atoms with van der Waals surface area (Å²) < 4.78 is 39.2. The van der Waals surface area contributed by atoms with Crippen LogP contribution in [0.4, 0.5) is 0 Å². The Bertz CT molecular complexity index is 1480. The van der Waals surface area contributed by atoms with Gasteiger partial charge >= 0.3 is 25.7 Å². The van der Waals surface area contributed by atoms with Crippen LogP contribution in [0.15, 0.2) is 97.2 Å². The summed E-state index contributed by atoms with van der Waals surface area (Å²) in [7, 11) is -4.77. The monoisotopic (exact) mass is 945 g/mol. The van der Waals surface area contributed by atoms with Crippen LogP contribution >= 0.6 is 7.82 Å². The number of carbonyl (C=O) groups excluding carboxylic acids is 3. The molecule has 0 aromatic heterocycles. The number of hydrogen-bond donors (Lipinski definition) is 2. The highest BCUT2D eigenvalue weighted by molar-refractivity contribution is 7.47. The van der Waals surface area contributed by atoms with Crippen LogP contribution in [-0.2, 0) is 42.2 Å². The SMILES string of the molecule is CC/C=C\C/C=C\C/C=C\C/C=C\CCC(=O)OC(COC(=O)CCCCCCC/C=C\C/C=C\CCC)COP(=O)(O)OCC(CO)OC(=O)CCCCCCC/C=C\C/C=C\CCC. The Morgan fingerprint density at radius 3 is 1.30 bits per heavy atom. The van der Waals surface area contributed by atoms with Crippen LogP contribution in [-0.4, -0.2) is 66.5 Å². The molecule has 0 radical (unpaired) electrons. The van der Waals surface area contributed by atoms with Gasteiger partial charge in [-0.2, -0.15) is 0 Å². The van der Waals surface area contributed by atoms with Gasteiger partial charge in [-0.3, -0.25) is 23.4 Å². The number of carbonyl (C=O) groups is 3. The van der Waals surface area contributed by atoms with E-state index in [1.165, 1.54) is 0 Å². The zero-order chi connectivity index (χ0) is 48.4. The first-order chi connectivity index (χ1) is 32.2. The lowest BCUT2D eigenvalue weighted by Gasteiger charge is -2.21. The third-order valence-electron chi connectivity index (χ3n) is 9.94. The molecule has 0 heterocycles. The van der Waals surface area contributed by atoms with Gasteiger partial charge in [-0.25, -0.2) is 4.57 Å². The van der Waals surface area contributed by atoms with Crippen molar-refractivity contribution in [3.05, 3.63) is 97.2 Å². The Balaban J connectivity index is 4.86. The fourth-order valence-electron chi connectivity index (χ4n) is 6.15. The number of allylic oxidation sites excluding steroid dienone is 16. The molecule has 0 aromatic carbocycles. The van der Waals surface area contributed by atoms with Crippen molar-refractivity contribution in [1.82, 2.24) is 0 Å². The molecule has 0 aliphatic rings. The van der Waals surface area contributed by atoms with E-state index in [1.54, 1.807) is 0 Å². The Labute approximate surface area is 400 Å². The second-order valence-electron chi connectivity index (χ2n) is 16.2. The second-order valence-corrected chi connectivity index (χ2v) is 17.7. The molecule has 0 aliphatic carbocycles. The maximum Gasteiger partial charge on any atom is 0.472 e. The van der Waals surface area contributed by atoms with Gasteiger partial charge in [0.1, 0.15) is 12.7 Å². The van der Waals surface area contributed by atoms with Crippen LogP contribution in [0.25, 0.3) is 0 Å². The maximum absolute atomic E-state index is 12.8. The Hall–Kier alpha value is -3.60. The predicted octanol–water partition coefficient (Wildman–Crippen LogP) is 14.1. The number of esters is 3. The Morgan fingerprint density at radius 1 is 0.439 bits per heavy atom. The number of phosphoric acid groups is 1. The van der Waals surface area contributed by atoms with E-state index >= 15 is 0 Å². The Morgan fingerprint density at radius 2 is 0.818 bits per heavy atom. The molecule has 3 unspecified atom stereocenters. The van der Waals surface area contributed by atoms with Gasteiger partial charge < -0.3 is 24.2 Å². The van der Waals surface area contributed by atoms with Gasteiger partial charge in [-0.05, 0) is 96.3 Å². The third kappa shape index (κ3) is 45.6. The molecule has 0 rings (SSSR count). The van der Waals surface area contributed by atoms with Gasteiger partial charge in [0.25, 0.3) is 0 Å². The van der Waals surface area contributed by atoms with Crippen LogP contribution in [0.2, 0.25) is 0 Å². The molecule has 2 N–H and O–H groups in total. The molecule has 3 atom stereocenters. The molecule has 0 amide bonds.